The largest absolute Gasteiger partial charge is 0.363 e. The van der Waals surface area contributed by atoms with Crippen LogP contribution in [0.3, 0.4) is 0 Å². The molecule has 1 saturated carbocycles. The summed E-state index contributed by atoms with van der Waals surface area (Å²) < 4.78 is 13.9. The van der Waals surface area contributed by atoms with Crippen LogP contribution in [0.2, 0.25) is 0 Å². The van der Waals surface area contributed by atoms with Gasteiger partial charge in [-0.25, -0.2) is 14.4 Å². The quantitative estimate of drug-likeness (QED) is 0.917. The van der Waals surface area contributed by atoms with Crippen molar-refractivity contribution in [1.29, 1.82) is 0 Å². The molecule has 1 aliphatic carbocycles. The van der Waals surface area contributed by atoms with E-state index in [0.29, 0.717) is 15.5 Å². The molecule has 1 aromatic heterocycles. The maximum Gasteiger partial charge on any atom is 0.148 e. The molecule has 18 heavy (non-hydrogen) atoms. The van der Waals surface area contributed by atoms with Gasteiger partial charge in [-0.3, -0.25) is 0 Å². The number of aromatic nitrogens is 2. The van der Waals surface area contributed by atoms with Crippen LogP contribution < -0.4 is 5.32 Å². The summed E-state index contributed by atoms with van der Waals surface area (Å²) in [6.45, 7) is 4.07. The second kappa shape index (κ2) is 3.88. The van der Waals surface area contributed by atoms with Crippen LogP contribution in [0.15, 0.2) is 16.6 Å². The van der Waals surface area contributed by atoms with Crippen molar-refractivity contribution < 1.29 is 4.39 Å². The highest BCUT2D eigenvalue weighted by Crippen LogP contribution is 2.38. The predicted molar refractivity (Wildman–Crippen MR) is 73.2 cm³/mol. The molecule has 1 aromatic carbocycles. The minimum absolute atomic E-state index is 0.132. The van der Waals surface area contributed by atoms with E-state index in [9.17, 15) is 4.39 Å². The van der Waals surface area contributed by atoms with Crippen molar-refractivity contribution in [2.24, 2.45) is 0 Å². The maximum atomic E-state index is 13.5. The lowest BCUT2D eigenvalue weighted by molar-refractivity contribution is 0.623. The van der Waals surface area contributed by atoms with Gasteiger partial charge >= 0.3 is 0 Å². The molecule has 5 heteroatoms. The Hall–Kier alpha value is -1.23. The normalized spacial score (nSPS) is 16.9. The van der Waals surface area contributed by atoms with Crippen LogP contribution >= 0.6 is 15.9 Å². The monoisotopic (exact) mass is 309 g/mol. The average Bonchev–Trinajstić information content (AvgIpc) is 3.04. The molecule has 2 aromatic rings. The van der Waals surface area contributed by atoms with E-state index in [1.54, 1.807) is 6.07 Å². The van der Waals surface area contributed by atoms with Crippen molar-refractivity contribution in [2.45, 2.75) is 32.2 Å². The summed E-state index contributed by atoms with van der Waals surface area (Å²) in [7, 11) is 0. The fourth-order valence-corrected chi connectivity index (χ4v) is 2.29. The van der Waals surface area contributed by atoms with Crippen LogP contribution in [-0.2, 0) is 0 Å². The number of halogens is 2. The summed E-state index contributed by atoms with van der Waals surface area (Å²) >= 11 is 3.23. The Morgan fingerprint density at radius 1 is 1.33 bits per heavy atom. The number of hydrogen-bond donors (Lipinski definition) is 1. The van der Waals surface area contributed by atoms with Gasteiger partial charge in [0.15, 0.2) is 0 Å². The van der Waals surface area contributed by atoms with Crippen molar-refractivity contribution in [1.82, 2.24) is 9.97 Å². The first-order valence-corrected chi connectivity index (χ1v) is 6.68. The van der Waals surface area contributed by atoms with E-state index in [-0.39, 0.29) is 11.4 Å². The minimum atomic E-state index is -0.316. The summed E-state index contributed by atoms with van der Waals surface area (Å²) in [4.78, 5) is 8.97. The maximum absolute atomic E-state index is 13.5. The van der Waals surface area contributed by atoms with E-state index < -0.39 is 0 Å². The van der Waals surface area contributed by atoms with Gasteiger partial charge in [-0.15, -0.1) is 0 Å². The Balaban J connectivity index is 2.15. The van der Waals surface area contributed by atoms with Gasteiger partial charge in [0.05, 0.1) is 15.7 Å². The summed E-state index contributed by atoms with van der Waals surface area (Å²) in [6, 6.07) is 3.05. The molecule has 0 atom stereocenters. The van der Waals surface area contributed by atoms with Gasteiger partial charge in [-0.05, 0) is 54.8 Å². The van der Waals surface area contributed by atoms with Crippen LogP contribution in [0.1, 0.15) is 25.5 Å². The second-order valence-electron chi connectivity index (χ2n) is 5.07. The lowest BCUT2D eigenvalue weighted by Gasteiger charge is -2.15. The van der Waals surface area contributed by atoms with E-state index in [1.807, 2.05) is 6.92 Å². The highest BCUT2D eigenvalue weighted by molar-refractivity contribution is 9.10. The molecule has 0 amide bonds. The van der Waals surface area contributed by atoms with Gasteiger partial charge in [0, 0.05) is 5.54 Å². The molecular formula is C13H13BrFN3. The average molecular weight is 310 g/mol. The van der Waals surface area contributed by atoms with Gasteiger partial charge in [0.25, 0.3) is 0 Å². The molecular weight excluding hydrogens is 297 g/mol. The molecule has 0 radical (unpaired) electrons. The number of nitrogens with zero attached hydrogens (tertiary/aromatic N) is 2. The third-order valence-electron chi connectivity index (χ3n) is 3.32. The molecule has 1 N–H and O–H groups in total. The van der Waals surface area contributed by atoms with E-state index >= 15 is 0 Å². The molecule has 1 fully saturated rings. The van der Waals surface area contributed by atoms with Crippen molar-refractivity contribution in [2.75, 3.05) is 5.32 Å². The van der Waals surface area contributed by atoms with Crippen molar-refractivity contribution in [3.8, 4) is 0 Å². The van der Waals surface area contributed by atoms with Crippen LogP contribution in [0.4, 0.5) is 10.2 Å². The fourth-order valence-electron chi connectivity index (χ4n) is 1.87. The summed E-state index contributed by atoms with van der Waals surface area (Å²) in [6.07, 6.45) is 2.27. The molecule has 0 bridgehead atoms. The van der Waals surface area contributed by atoms with Crippen LogP contribution in [0, 0.1) is 12.7 Å². The van der Waals surface area contributed by atoms with E-state index in [2.05, 4.69) is 38.1 Å². The topological polar surface area (TPSA) is 37.8 Å². The smallest absolute Gasteiger partial charge is 0.148 e. The van der Waals surface area contributed by atoms with Crippen molar-refractivity contribution in [3.63, 3.8) is 0 Å². The number of benzene rings is 1. The zero-order chi connectivity index (χ0) is 12.9. The lowest BCUT2D eigenvalue weighted by atomic mass is 10.2. The van der Waals surface area contributed by atoms with E-state index in [1.165, 1.54) is 6.07 Å². The Kier molecular flexibility index (Phi) is 2.55. The number of hydrogen-bond acceptors (Lipinski definition) is 3. The van der Waals surface area contributed by atoms with Crippen LogP contribution in [-0.4, -0.2) is 15.5 Å². The highest BCUT2D eigenvalue weighted by Gasteiger charge is 2.37. The third-order valence-corrected chi connectivity index (χ3v) is 4.08. The molecule has 0 aliphatic heterocycles. The van der Waals surface area contributed by atoms with E-state index in [4.69, 9.17) is 0 Å². The molecule has 0 unspecified atom stereocenters. The first kappa shape index (κ1) is 11.8. The molecule has 94 valence electrons. The highest BCUT2D eigenvalue weighted by atomic mass is 79.9. The first-order valence-electron chi connectivity index (χ1n) is 5.89. The predicted octanol–water partition coefficient (Wildman–Crippen LogP) is 3.80. The number of anilines is 1. The Morgan fingerprint density at radius 3 is 2.72 bits per heavy atom. The van der Waals surface area contributed by atoms with Crippen molar-refractivity contribution in [3.05, 3.63) is 28.1 Å². The Labute approximate surface area is 113 Å². The standard InChI is InChI=1S/C13H13BrFN3/c1-7-12(18-13(2)5-6-13)17-11-9(16-7)4-3-8(15)10(11)14/h3-4H,5-6H2,1-2H3,(H,17,18). The van der Waals surface area contributed by atoms with Crippen LogP contribution in [0.5, 0.6) is 0 Å². The number of rotatable bonds is 2. The number of nitrogens with one attached hydrogen (secondary N) is 1. The summed E-state index contributed by atoms with van der Waals surface area (Å²) in [5.74, 6) is 0.429. The van der Waals surface area contributed by atoms with Gasteiger partial charge in [-0.1, -0.05) is 0 Å². The fraction of sp³-hybridized carbons (Fsp3) is 0.385. The number of fused-ring (bicyclic) bond motifs is 1. The third kappa shape index (κ3) is 1.96. The Morgan fingerprint density at radius 2 is 2.06 bits per heavy atom. The zero-order valence-corrected chi connectivity index (χ0v) is 11.8. The van der Waals surface area contributed by atoms with Gasteiger partial charge in [0.2, 0.25) is 0 Å². The molecule has 3 nitrogen and oxygen atoms in total. The van der Waals surface area contributed by atoms with E-state index in [0.717, 1.165) is 24.4 Å². The van der Waals surface area contributed by atoms with Gasteiger partial charge < -0.3 is 5.32 Å². The zero-order valence-electron chi connectivity index (χ0n) is 10.2. The van der Waals surface area contributed by atoms with Gasteiger partial charge in [-0.2, -0.15) is 0 Å². The summed E-state index contributed by atoms with van der Waals surface area (Å²) in [5.41, 5.74) is 2.24. The SMILES string of the molecule is Cc1nc2ccc(F)c(Br)c2nc1NC1(C)CC1. The second-order valence-corrected chi connectivity index (χ2v) is 5.87. The van der Waals surface area contributed by atoms with Crippen LogP contribution in [0.25, 0.3) is 11.0 Å². The Bertz CT molecular complexity index is 638. The lowest BCUT2D eigenvalue weighted by Crippen LogP contribution is -2.18. The summed E-state index contributed by atoms with van der Waals surface area (Å²) in [5, 5.41) is 3.38. The first-order chi connectivity index (χ1) is 8.48. The molecule has 1 aliphatic rings. The molecule has 3 rings (SSSR count). The molecule has 0 saturated heterocycles. The number of aryl methyl sites for hydroxylation is 1. The van der Waals surface area contributed by atoms with Gasteiger partial charge in [0.1, 0.15) is 17.2 Å². The molecule has 0 spiro atoms. The minimum Gasteiger partial charge on any atom is -0.363 e. The van der Waals surface area contributed by atoms with Crippen molar-refractivity contribution >= 4 is 32.8 Å². The molecule has 1 heterocycles.